The molecule has 2 rings (SSSR count). The van der Waals surface area contributed by atoms with Crippen LogP contribution in [0, 0.1) is 0 Å². The third-order valence-corrected chi connectivity index (χ3v) is 3.12. The van der Waals surface area contributed by atoms with Crippen molar-refractivity contribution in [3.05, 3.63) is 23.8 Å². The van der Waals surface area contributed by atoms with Crippen LogP contribution >= 0.6 is 0 Å². The lowest BCUT2D eigenvalue weighted by molar-refractivity contribution is 0.0743. The van der Waals surface area contributed by atoms with Crippen LogP contribution in [-0.4, -0.2) is 47.2 Å². The van der Waals surface area contributed by atoms with Gasteiger partial charge in [-0.3, -0.25) is 4.79 Å². The first-order valence-corrected chi connectivity index (χ1v) is 5.59. The molecule has 1 aromatic carbocycles. The van der Waals surface area contributed by atoms with E-state index in [9.17, 15) is 15.0 Å². The quantitative estimate of drug-likeness (QED) is 0.655. The molecule has 0 spiro atoms. The van der Waals surface area contributed by atoms with Crippen molar-refractivity contribution < 1.29 is 15.0 Å². The minimum atomic E-state index is -0.270. The molecule has 1 atom stereocenters. The minimum absolute atomic E-state index is 0.144. The van der Waals surface area contributed by atoms with Crippen molar-refractivity contribution in [2.45, 2.75) is 12.5 Å². The molecule has 1 heterocycles. The van der Waals surface area contributed by atoms with Crippen LogP contribution in [0.3, 0.4) is 0 Å². The maximum atomic E-state index is 12.1. The van der Waals surface area contributed by atoms with Crippen LogP contribution in [0.4, 0.5) is 0 Å². The average Bonchev–Trinajstić information content (AvgIpc) is 2.84. The molecule has 1 saturated heterocycles. The predicted molar refractivity (Wildman–Crippen MR) is 63.1 cm³/mol. The number of hydrogen-bond donors (Lipinski definition) is 3. The van der Waals surface area contributed by atoms with Crippen molar-refractivity contribution in [3.8, 4) is 11.5 Å². The fourth-order valence-corrected chi connectivity index (χ4v) is 2.00. The summed E-state index contributed by atoms with van der Waals surface area (Å²) in [6, 6.07) is 4.31. The van der Waals surface area contributed by atoms with Gasteiger partial charge in [-0.25, -0.2) is 0 Å². The summed E-state index contributed by atoms with van der Waals surface area (Å²) in [6.07, 6.45) is 0.937. The highest BCUT2D eigenvalue weighted by molar-refractivity contribution is 5.95. The molecule has 17 heavy (non-hydrogen) atoms. The average molecular weight is 236 g/mol. The normalized spacial score (nSPS) is 19.2. The first-order valence-electron chi connectivity index (χ1n) is 5.59. The Morgan fingerprint density at radius 2 is 2.18 bits per heavy atom. The summed E-state index contributed by atoms with van der Waals surface area (Å²) in [6.45, 7) is 1.72. The number of benzene rings is 1. The van der Waals surface area contributed by atoms with Crippen LogP contribution in [0.1, 0.15) is 16.8 Å². The number of aromatic hydroxyl groups is 2. The molecule has 0 aromatic heterocycles. The van der Waals surface area contributed by atoms with Gasteiger partial charge in [0.1, 0.15) is 0 Å². The lowest BCUT2D eigenvalue weighted by atomic mass is 10.1. The Bertz CT molecular complexity index is 428. The van der Waals surface area contributed by atoms with Crippen LogP contribution in [0.5, 0.6) is 11.5 Å². The third-order valence-electron chi connectivity index (χ3n) is 3.12. The molecule has 1 aliphatic heterocycles. The standard InChI is InChI=1S/C12H16N2O3/c1-14(9-4-5-13-7-9)12(17)8-2-3-10(15)11(16)6-8/h2-3,6,9,13,15-16H,4-5,7H2,1H3. The molecular weight excluding hydrogens is 220 g/mol. The summed E-state index contributed by atoms with van der Waals surface area (Å²) in [5.41, 5.74) is 0.384. The number of likely N-dealkylation sites (N-methyl/N-ethyl adjacent to an activating group) is 1. The van der Waals surface area contributed by atoms with Crippen molar-refractivity contribution in [2.75, 3.05) is 20.1 Å². The van der Waals surface area contributed by atoms with Gasteiger partial charge in [0.15, 0.2) is 11.5 Å². The number of rotatable bonds is 2. The van der Waals surface area contributed by atoms with E-state index in [0.29, 0.717) is 5.56 Å². The van der Waals surface area contributed by atoms with Gasteiger partial charge < -0.3 is 20.4 Å². The van der Waals surface area contributed by atoms with Crippen LogP contribution in [0.25, 0.3) is 0 Å². The Balaban J connectivity index is 2.15. The van der Waals surface area contributed by atoms with Crippen molar-refractivity contribution >= 4 is 5.91 Å². The number of nitrogens with one attached hydrogen (secondary N) is 1. The monoisotopic (exact) mass is 236 g/mol. The van der Waals surface area contributed by atoms with Gasteiger partial charge in [0.25, 0.3) is 5.91 Å². The first-order chi connectivity index (χ1) is 8.09. The minimum Gasteiger partial charge on any atom is -0.504 e. The number of hydrogen-bond acceptors (Lipinski definition) is 4. The van der Waals surface area contributed by atoms with E-state index < -0.39 is 0 Å². The van der Waals surface area contributed by atoms with Gasteiger partial charge in [0.2, 0.25) is 0 Å². The molecule has 1 aromatic rings. The summed E-state index contributed by atoms with van der Waals surface area (Å²) >= 11 is 0. The van der Waals surface area contributed by atoms with Crippen molar-refractivity contribution in [1.82, 2.24) is 10.2 Å². The lowest BCUT2D eigenvalue weighted by Crippen LogP contribution is -2.38. The Morgan fingerprint density at radius 1 is 1.41 bits per heavy atom. The van der Waals surface area contributed by atoms with Crippen LogP contribution in [0.2, 0.25) is 0 Å². The van der Waals surface area contributed by atoms with Gasteiger partial charge in [-0.2, -0.15) is 0 Å². The highest BCUT2D eigenvalue weighted by atomic mass is 16.3. The maximum Gasteiger partial charge on any atom is 0.254 e. The fourth-order valence-electron chi connectivity index (χ4n) is 2.00. The summed E-state index contributed by atoms with van der Waals surface area (Å²) in [5, 5.41) is 21.8. The molecule has 0 bridgehead atoms. The molecule has 0 aliphatic carbocycles. The second-order valence-electron chi connectivity index (χ2n) is 4.27. The molecule has 1 amide bonds. The Morgan fingerprint density at radius 3 is 2.76 bits per heavy atom. The Hall–Kier alpha value is -1.75. The van der Waals surface area contributed by atoms with Crippen LogP contribution in [0.15, 0.2) is 18.2 Å². The summed E-state index contributed by atoms with van der Waals surface area (Å²) in [5.74, 6) is -0.630. The largest absolute Gasteiger partial charge is 0.504 e. The summed E-state index contributed by atoms with van der Waals surface area (Å²) < 4.78 is 0. The van der Waals surface area contributed by atoms with Gasteiger partial charge in [0.05, 0.1) is 0 Å². The number of carbonyl (C=O) groups excluding carboxylic acids is 1. The Labute approximate surface area is 99.7 Å². The van der Waals surface area contributed by atoms with E-state index in [1.165, 1.54) is 18.2 Å². The van der Waals surface area contributed by atoms with Crippen LogP contribution < -0.4 is 5.32 Å². The zero-order valence-electron chi connectivity index (χ0n) is 9.68. The number of phenols is 2. The van der Waals surface area contributed by atoms with Gasteiger partial charge in [0, 0.05) is 25.2 Å². The predicted octanol–water partition coefficient (Wildman–Crippen LogP) is 0.532. The van der Waals surface area contributed by atoms with E-state index in [1.54, 1.807) is 11.9 Å². The zero-order chi connectivity index (χ0) is 12.4. The van der Waals surface area contributed by atoms with Crippen molar-refractivity contribution in [2.24, 2.45) is 0 Å². The highest BCUT2D eigenvalue weighted by Gasteiger charge is 2.24. The molecule has 0 radical (unpaired) electrons. The van der Waals surface area contributed by atoms with E-state index in [1.807, 2.05) is 0 Å². The third kappa shape index (κ3) is 2.34. The molecule has 1 fully saturated rings. The lowest BCUT2D eigenvalue weighted by Gasteiger charge is -2.23. The zero-order valence-corrected chi connectivity index (χ0v) is 9.68. The maximum absolute atomic E-state index is 12.1. The van der Waals surface area contributed by atoms with Gasteiger partial charge in [-0.15, -0.1) is 0 Å². The van der Waals surface area contributed by atoms with E-state index >= 15 is 0 Å². The molecule has 5 heteroatoms. The number of phenolic OH excluding ortho intramolecular Hbond substituents is 2. The number of carbonyl (C=O) groups is 1. The molecule has 1 aliphatic rings. The summed E-state index contributed by atoms with van der Waals surface area (Å²) in [4.78, 5) is 13.8. The number of amides is 1. The number of nitrogens with zero attached hydrogens (tertiary/aromatic N) is 1. The van der Waals surface area contributed by atoms with Gasteiger partial charge >= 0.3 is 0 Å². The SMILES string of the molecule is CN(C(=O)c1ccc(O)c(O)c1)C1CCNC1. The topological polar surface area (TPSA) is 72.8 Å². The van der Waals surface area contributed by atoms with Crippen molar-refractivity contribution in [1.29, 1.82) is 0 Å². The van der Waals surface area contributed by atoms with E-state index in [4.69, 9.17) is 0 Å². The fraction of sp³-hybridized carbons (Fsp3) is 0.417. The van der Waals surface area contributed by atoms with Crippen LogP contribution in [-0.2, 0) is 0 Å². The van der Waals surface area contributed by atoms with E-state index in [-0.39, 0.29) is 23.4 Å². The molecular formula is C12H16N2O3. The van der Waals surface area contributed by atoms with Gasteiger partial charge in [-0.05, 0) is 31.2 Å². The molecule has 0 saturated carbocycles. The first kappa shape index (κ1) is 11.7. The van der Waals surface area contributed by atoms with Gasteiger partial charge in [-0.1, -0.05) is 0 Å². The molecule has 3 N–H and O–H groups in total. The molecule has 1 unspecified atom stereocenters. The second-order valence-corrected chi connectivity index (χ2v) is 4.27. The smallest absolute Gasteiger partial charge is 0.254 e. The molecule has 5 nitrogen and oxygen atoms in total. The highest BCUT2D eigenvalue weighted by Crippen LogP contribution is 2.25. The van der Waals surface area contributed by atoms with E-state index in [0.717, 1.165) is 19.5 Å². The van der Waals surface area contributed by atoms with E-state index in [2.05, 4.69) is 5.32 Å². The molecule has 92 valence electrons. The summed E-state index contributed by atoms with van der Waals surface area (Å²) in [7, 11) is 1.75. The van der Waals surface area contributed by atoms with Crippen molar-refractivity contribution in [3.63, 3.8) is 0 Å². The second kappa shape index (κ2) is 4.63. The Kier molecular flexibility index (Phi) is 3.19.